The largest absolute Gasteiger partial charge is 0.348 e. The van der Waals surface area contributed by atoms with E-state index >= 15 is 0 Å². The second-order valence-corrected chi connectivity index (χ2v) is 9.11. The normalized spacial score (nSPS) is 26.5. The van der Waals surface area contributed by atoms with E-state index in [-0.39, 0.29) is 42.1 Å². The highest BCUT2D eigenvalue weighted by atomic mass is 16.2. The van der Waals surface area contributed by atoms with E-state index < -0.39 is 11.6 Å². The molecular weight excluding hydrogens is 396 g/mol. The summed E-state index contributed by atoms with van der Waals surface area (Å²) in [6, 6.07) is 6.52. The molecule has 1 saturated heterocycles. The predicted octanol–water partition coefficient (Wildman–Crippen LogP) is 2.71. The van der Waals surface area contributed by atoms with E-state index in [4.69, 9.17) is 0 Å². The summed E-state index contributed by atoms with van der Waals surface area (Å²) in [6.45, 7) is 3.53. The number of hydrogen-bond acceptors (Lipinski definition) is 4. The first-order valence-electron chi connectivity index (χ1n) is 11.1. The fraction of sp³-hybridized carbons (Fsp3) is 0.565. The van der Waals surface area contributed by atoms with Crippen LogP contribution < -0.4 is 16.0 Å². The summed E-state index contributed by atoms with van der Waals surface area (Å²) in [7, 11) is 0. The summed E-state index contributed by atoms with van der Waals surface area (Å²) < 4.78 is 0. The lowest BCUT2D eigenvalue weighted by atomic mass is 9.73. The maximum absolute atomic E-state index is 13.0. The Balaban J connectivity index is 1.33. The Morgan fingerprint density at radius 3 is 2.52 bits per heavy atom. The van der Waals surface area contributed by atoms with Crippen LogP contribution in [0.3, 0.4) is 0 Å². The zero-order valence-electron chi connectivity index (χ0n) is 18.1. The number of rotatable bonds is 6. The van der Waals surface area contributed by atoms with E-state index in [1.54, 1.807) is 0 Å². The van der Waals surface area contributed by atoms with Crippen LogP contribution >= 0.6 is 0 Å². The Bertz CT molecular complexity index is 895. The third kappa shape index (κ3) is 4.29. The highest BCUT2D eigenvalue weighted by molar-refractivity contribution is 6.09. The van der Waals surface area contributed by atoms with Crippen LogP contribution in [-0.4, -0.2) is 40.7 Å². The lowest BCUT2D eigenvalue weighted by molar-refractivity contribution is -0.137. The highest BCUT2D eigenvalue weighted by Gasteiger charge is 2.55. The van der Waals surface area contributed by atoms with Gasteiger partial charge in [-0.3, -0.25) is 19.3 Å². The predicted molar refractivity (Wildman–Crippen MR) is 115 cm³/mol. The molecule has 166 valence electrons. The van der Waals surface area contributed by atoms with Crippen molar-refractivity contribution in [2.75, 3.05) is 11.9 Å². The van der Waals surface area contributed by atoms with Gasteiger partial charge in [0.1, 0.15) is 12.1 Å². The Labute approximate surface area is 182 Å². The van der Waals surface area contributed by atoms with Crippen molar-refractivity contribution in [3.05, 3.63) is 29.8 Å². The number of carbonyl (C=O) groups excluding carboxylic acids is 4. The molecule has 3 unspecified atom stereocenters. The summed E-state index contributed by atoms with van der Waals surface area (Å²) in [5, 5.41) is 8.61. The minimum absolute atomic E-state index is 0.0488. The number of nitrogens with one attached hydrogen (secondary N) is 3. The first-order chi connectivity index (χ1) is 14.8. The van der Waals surface area contributed by atoms with Crippen LogP contribution in [0.2, 0.25) is 0 Å². The van der Waals surface area contributed by atoms with E-state index in [9.17, 15) is 19.2 Å². The van der Waals surface area contributed by atoms with Gasteiger partial charge in [0.25, 0.3) is 5.91 Å². The average molecular weight is 427 g/mol. The van der Waals surface area contributed by atoms with E-state index in [1.807, 2.05) is 38.1 Å². The number of carbonyl (C=O) groups is 4. The van der Waals surface area contributed by atoms with Crippen LogP contribution in [0.1, 0.15) is 64.0 Å². The molecule has 31 heavy (non-hydrogen) atoms. The van der Waals surface area contributed by atoms with E-state index in [1.165, 1.54) is 0 Å². The molecule has 3 aliphatic rings. The molecule has 4 rings (SSSR count). The molecule has 5 amide bonds. The van der Waals surface area contributed by atoms with E-state index in [0.29, 0.717) is 6.42 Å². The van der Waals surface area contributed by atoms with Crippen molar-refractivity contribution in [2.45, 2.75) is 64.0 Å². The van der Waals surface area contributed by atoms with E-state index in [2.05, 4.69) is 16.0 Å². The smallest absolute Gasteiger partial charge is 0.325 e. The molecule has 1 heterocycles. The summed E-state index contributed by atoms with van der Waals surface area (Å²) in [5.74, 6) is -0.429. The summed E-state index contributed by atoms with van der Waals surface area (Å²) in [4.78, 5) is 50.9. The third-order valence-corrected chi connectivity index (χ3v) is 6.81. The van der Waals surface area contributed by atoms with Gasteiger partial charge in [-0.25, -0.2) is 4.79 Å². The van der Waals surface area contributed by atoms with Crippen LogP contribution in [0.25, 0.3) is 0 Å². The molecule has 3 fully saturated rings. The molecule has 0 bridgehead atoms. The molecule has 2 aliphatic carbocycles. The van der Waals surface area contributed by atoms with Crippen molar-refractivity contribution in [2.24, 2.45) is 11.8 Å². The zero-order chi connectivity index (χ0) is 22.2. The van der Waals surface area contributed by atoms with Gasteiger partial charge >= 0.3 is 6.03 Å². The summed E-state index contributed by atoms with van der Waals surface area (Å²) >= 11 is 0. The van der Waals surface area contributed by atoms with E-state index in [0.717, 1.165) is 48.3 Å². The molecule has 8 heteroatoms. The van der Waals surface area contributed by atoms with Gasteiger partial charge in [0.15, 0.2) is 0 Å². The minimum atomic E-state index is -0.859. The third-order valence-electron chi connectivity index (χ3n) is 6.81. The maximum Gasteiger partial charge on any atom is 0.325 e. The summed E-state index contributed by atoms with van der Waals surface area (Å²) in [5.41, 5.74) is 0.736. The molecule has 1 spiro atoms. The molecule has 0 aromatic heterocycles. The SMILES string of the molecule is CC(NC(=O)CN1C(=O)NC2(CCCCC2C)C1=O)c1ccc(NC(=O)C2CC2)cc1. The molecule has 1 aromatic carbocycles. The monoisotopic (exact) mass is 426 g/mol. The molecular formula is C23H30N4O4. The molecule has 0 radical (unpaired) electrons. The van der Waals surface area contributed by atoms with Crippen molar-refractivity contribution in [3.63, 3.8) is 0 Å². The molecule has 8 nitrogen and oxygen atoms in total. The Hall–Kier alpha value is -2.90. The van der Waals surface area contributed by atoms with Crippen LogP contribution in [0.15, 0.2) is 24.3 Å². The quantitative estimate of drug-likeness (QED) is 0.608. The maximum atomic E-state index is 13.0. The first-order valence-corrected chi connectivity index (χ1v) is 11.1. The fourth-order valence-electron chi connectivity index (χ4n) is 4.60. The molecule has 2 saturated carbocycles. The number of amides is 5. The van der Waals surface area contributed by atoms with Crippen molar-refractivity contribution < 1.29 is 19.2 Å². The topological polar surface area (TPSA) is 108 Å². The van der Waals surface area contributed by atoms with Gasteiger partial charge in [-0.2, -0.15) is 0 Å². The number of anilines is 1. The number of hydrogen-bond donors (Lipinski definition) is 3. The van der Waals surface area contributed by atoms with Crippen molar-refractivity contribution in [3.8, 4) is 0 Å². The van der Waals surface area contributed by atoms with Gasteiger partial charge in [-0.1, -0.05) is 31.9 Å². The second-order valence-electron chi connectivity index (χ2n) is 9.11. The number of imide groups is 1. The van der Waals surface area contributed by atoms with Crippen LogP contribution in [0.5, 0.6) is 0 Å². The van der Waals surface area contributed by atoms with Gasteiger partial charge in [-0.15, -0.1) is 0 Å². The molecule has 3 atom stereocenters. The fourth-order valence-corrected chi connectivity index (χ4v) is 4.60. The van der Waals surface area contributed by atoms with Gasteiger partial charge in [-0.05, 0) is 56.2 Å². The van der Waals surface area contributed by atoms with Crippen LogP contribution in [-0.2, 0) is 14.4 Å². The van der Waals surface area contributed by atoms with Gasteiger partial charge in [0.05, 0.1) is 6.04 Å². The lowest BCUT2D eigenvalue weighted by Crippen LogP contribution is -2.54. The summed E-state index contributed by atoms with van der Waals surface area (Å²) in [6.07, 6.45) is 5.35. The second kappa shape index (κ2) is 8.32. The Kier molecular flexibility index (Phi) is 5.73. The van der Waals surface area contributed by atoms with Crippen molar-refractivity contribution in [1.82, 2.24) is 15.5 Å². The molecule has 1 aliphatic heterocycles. The van der Waals surface area contributed by atoms with Gasteiger partial charge in [0, 0.05) is 11.6 Å². The molecule has 3 N–H and O–H groups in total. The van der Waals surface area contributed by atoms with Crippen LogP contribution in [0.4, 0.5) is 10.5 Å². The standard InChI is InChI=1S/C23H30N4O4/c1-14-5-3-4-12-23(14)21(30)27(22(31)26-23)13-19(28)24-15(2)16-8-10-18(11-9-16)25-20(29)17-6-7-17/h8-11,14-15,17H,3-7,12-13H2,1-2H3,(H,24,28)(H,25,29)(H,26,31). The minimum Gasteiger partial charge on any atom is -0.348 e. The number of nitrogens with zero attached hydrogens (tertiary/aromatic N) is 1. The zero-order valence-corrected chi connectivity index (χ0v) is 18.1. The number of benzene rings is 1. The number of urea groups is 1. The highest BCUT2D eigenvalue weighted by Crippen LogP contribution is 2.38. The van der Waals surface area contributed by atoms with Gasteiger partial charge in [0.2, 0.25) is 11.8 Å². The van der Waals surface area contributed by atoms with Gasteiger partial charge < -0.3 is 16.0 Å². The molecule has 1 aromatic rings. The van der Waals surface area contributed by atoms with Crippen LogP contribution in [0, 0.1) is 11.8 Å². The lowest BCUT2D eigenvalue weighted by Gasteiger charge is -2.36. The first kappa shape index (κ1) is 21.3. The Morgan fingerprint density at radius 1 is 1.16 bits per heavy atom. The average Bonchev–Trinajstić information content (AvgIpc) is 3.56. The van der Waals surface area contributed by atoms with Crippen molar-refractivity contribution >= 4 is 29.4 Å². The Morgan fingerprint density at radius 2 is 1.87 bits per heavy atom. The van der Waals surface area contributed by atoms with Crippen molar-refractivity contribution in [1.29, 1.82) is 0 Å².